The Kier molecular flexibility index (Phi) is 5.80. The minimum absolute atomic E-state index is 0.0214. The summed E-state index contributed by atoms with van der Waals surface area (Å²) in [7, 11) is 0. The van der Waals surface area contributed by atoms with Crippen LogP contribution >= 0.6 is 11.3 Å². The molecule has 0 radical (unpaired) electrons. The molecule has 1 N–H and O–H groups in total. The predicted octanol–water partition coefficient (Wildman–Crippen LogP) is 3.72. The summed E-state index contributed by atoms with van der Waals surface area (Å²) in [6, 6.07) is 2.05. The molecule has 1 saturated heterocycles. The summed E-state index contributed by atoms with van der Waals surface area (Å²) in [4.78, 5) is 39.8. The number of allylic oxidation sites excluding steroid dienone is 2. The van der Waals surface area contributed by atoms with Crippen molar-refractivity contribution in [1.82, 2.24) is 19.8 Å². The van der Waals surface area contributed by atoms with E-state index in [0.717, 1.165) is 69.4 Å². The van der Waals surface area contributed by atoms with Gasteiger partial charge in [-0.05, 0) is 62.5 Å². The molecule has 2 aromatic rings. The molecule has 0 unspecified atom stereocenters. The smallest absolute Gasteiger partial charge is 0.254 e. The molecule has 6 nitrogen and oxygen atoms in total. The molecule has 2 atom stereocenters. The first kappa shape index (κ1) is 20.6. The van der Waals surface area contributed by atoms with Crippen molar-refractivity contribution in [2.24, 2.45) is 5.92 Å². The van der Waals surface area contributed by atoms with E-state index in [-0.39, 0.29) is 23.4 Å². The number of rotatable bonds is 4. The number of thiophene rings is 1. The minimum atomic E-state index is -0.105. The van der Waals surface area contributed by atoms with Crippen LogP contribution in [0.25, 0.3) is 0 Å². The van der Waals surface area contributed by atoms with Gasteiger partial charge in [0.05, 0.1) is 11.7 Å². The van der Waals surface area contributed by atoms with Gasteiger partial charge in [0.25, 0.3) is 5.56 Å². The fourth-order valence-corrected chi connectivity index (χ4v) is 6.09. The van der Waals surface area contributed by atoms with E-state index < -0.39 is 0 Å². The van der Waals surface area contributed by atoms with Crippen molar-refractivity contribution < 1.29 is 4.79 Å². The molecule has 4 heterocycles. The lowest BCUT2D eigenvalue weighted by molar-refractivity contribution is -0.136. The topological polar surface area (TPSA) is 69.3 Å². The number of hydrogen-bond acceptors (Lipinski definition) is 5. The van der Waals surface area contributed by atoms with Crippen LogP contribution in [0.15, 0.2) is 28.4 Å². The summed E-state index contributed by atoms with van der Waals surface area (Å²) < 4.78 is 0. The molecule has 2 aliphatic heterocycles. The summed E-state index contributed by atoms with van der Waals surface area (Å²) in [5, 5.41) is 2.14. The van der Waals surface area contributed by atoms with E-state index in [9.17, 15) is 9.59 Å². The van der Waals surface area contributed by atoms with Gasteiger partial charge in [0.2, 0.25) is 5.91 Å². The average Bonchev–Trinajstić information content (AvgIpc) is 3.43. The maximum absolute atomic E-state index is 13.2. The number of nitrogens with one attached hydrogen (secondary N) is 1. The highest BCUT2D eigenvalue weighted by molar-refractivity contribution is 7.10. The maximum Gasteiger partial charge on any atom is 0.254 e. The fourth-order valence-electron chi connectivity index (χ4n) is 5.14. The van der Waals surface area contributed by atoms with Gasteiger partial charge in [0.1, 0.15) is 5.82 Å². The molecule has 5 rings (SSSR count). The number of fused-ring (bicyclic) bond motifs is 1. The zero-order valence-corrected chi connectivity index (χ0v) is 18.9. The second-order valence-electron chi connectivity index (χ2n) is 9.03. The quantitative estimate of drug-likeness (QED) is 0.739. The van der Waals surface area contributed by atoms with E-state index in [1.54, 1.807) is 11.3 Å². The SMILES string of the molecule is Cc1ccsc1CN1CCc2c(nc([C@@H]3CCCN3C(=O)[C@H]3CC=CCC3)[nH]c2=O)C1. The highest BCUT2D eigenvalue weighted by Gasteiger charge is 2.36. The molecular formula is C24H30N4O2S. The van der Waals surface area contributed by atoms with Gasteiger partial charge in [-0.15, -0.1) is 11.3 Å². The average molecular weight is 439 g/mol. The maximum atomic E-state index is 13.2. The summed E-state index contributed by atoms with van der Waals surface area (Å²) >= 11 is 1.79. The fraction of sp³-hybridized carbons (Fsp3) is 0.542. The zero-order valence-electron chi connectivity index (χ0n) is 18.1. The Balaban J connectivity index is 1.37. The van der Waals surface area contributed by atoms with Crippen LogP contribution in [0.1, 0.15) is 65.7 Å². The third-order valence-corrected chi connectivity index (χ3v) is 7.98. The lowest BCUT2D eigenvalue weighted by atomic mass is 9.93. The van der Waals surface area contributed by atoms with Crippen molar-refractivity contribution >= 4 is 17.2 Å². The Morgan fingerprint density at radius 1 is 1.29 bits per heavy atom. The second-order valence-corrected chi connectivity index (χ2v) is 10.0. The molecular weight excluding hydrogens is 408 g/mol. The molecule has 0 spiro atoms. The van der Waals surface area contributed by atoms with Crippen molar-refractivity contribution in [1.29, 1.82) is 0 Å². The minimum Gasteiger partial charge on any atom is -0.332 e. The predicted molar refractivity (Wildman–Crippen MR) is 122 cm³/mol. The third kappa shape index (κ3) is 4.13. The highest BCUT2D eigenvalue weighted by atomic mass is 32.1. The summed E-state index contributed by atoms with van der Waals surface area (Å²) in [5.41, 5.74) is 3.01. The Hall–Kier alpha value is -2.25. The first-order valence-corrected chi connectivity index (χ1v) is 12.3. The van der Waals surface area contributed by atoms with Crippen molar-refractivity contribution in [3.05, 3.63) is 61.5 Å². The largest absolute Gasteiger partial charge is 0.332 e. The van der Waals surface area contributed by atoms with Crippen LogP contribution < -0.4 is 5.56 Å². The zero-order chi connectivity index (χ0) is 21.4. The van der Waals surface area contributed by atoms with E-state index >= 15 is 0 Å². The molecule has 7 heteroatoms. The molecule has 0 bridgehead atoms. The number of nitrogens with zero attached hydrogens (tertiary/aromatic N) is 3. The van der Waals surface area contributed by atoms with Crippen molar-refractivity contribution in [3.63, 3.8) is 0 Å². The Morgan fingerprint density at radius 3 is 2.97 bits per heavy atom. The number of likely N-dealkylation sites (tertiary alicyclic amines) is 1. The van der Waals surface area contributed by atoms with E-state index in [1.165, 1.54) is 10.4 Å². The number of H-pyrrole nitrogens is 1. The number of amides is 1. The van der Waals surface area contributed by atoms with Gasteiger partial charge in [-0.25, -0.2) is 4.98 Å². The van der Waals surface area contributed by atoms with Gasteiger partial charge in [0, 0.05) is 42.5 Å². The third-order valence-electron chi connectivity index (χ3n) is 6.98. The number of aromatic amines is 1. The molecule has 3 aliphatic rings. The van der Waals surface area contributed by atoms with Crippen LogP contribution in [0.3, 0.4) is 0 Å². The molecule has 164 valence electrons. The Labute approximate surface area is 187 Å². The van der Waals surface area contributed by atoms with Crippen molar-refractivity contribution in [2.75, 3.05) is 13.1 Å². The lowest BCUT2D eigenvalue weighted by Gasteiger charge is -2.31. The molecule has 1 amide bonds. The van der Waals surface area contributed by atoms with Gasteiger partial charge in [-0.1, -0.05) is 12.2 Å². The van der Waals surface area contributed by atoms with Crippen LogP contribution in [-0.2, 0) is 24.3 Å². The lowest BCUT2D eigenvalue weighted by Crippen LogP contribution is -2.39. The first-order chi connectivity index (χ1) is 15.1. The van der Waals surface area contributed by atoms with Crippen LogP contribution in [0.4, 0.5) is 0 Å². The summed E-state index contributed by atoms with van der Waals surface area (Å²) in [5.74, 6) is 0.969. The molecule has 1 aliphatic carbocycles. The molecule has 1 fully saturated rings. The number of aromatic nitrogens is 2. The molecule has 31 heavy (non-hydrogen) atoms. The van der Waals surface area contributed by atoms with Gasteiger partial charge in [-0.3, -0.25) is 14.5 Å². The highest BCUT2D eigenvalue weighted by Crippen LogP contribution is 2.33. The van der Waals surface area contributed by atoms with Gasteiger partial charge < -0.3 is 9.88 Å². The first-order valence-electron chi connectivity index (χ1n) is 11.4. The van der Waals surface area contributed by atoms with Gasteiger partial charge in [-0.2, -0.15) is 0 Å². The van der Waals surface area contributed by atoms with E-state index in [2.05, 4.69) is 40.4 Å². The summed E-state index contributed by atoms with van der Waals surface area (Å²) in [6.07, 6.45) is 9.57. The number of carbonyl (C=O) groups excluding carboxylic acids is 1. The summed E-state index contributed by atoms with van der Waals surface area (Å²) in [6.45, 7) is 5.37. The normalized spacial score (nSPS) is 23.8. The van der Waals surface area contributed by atoms with Crippen LogP contribution in [0.2, 0.25) is 0 Å². The van der Waals surface area contributed by atoms with E-state index in [0.29, 0.717) is 12.4 Å². The number of hydrogen-bond donors (Lipinski definition) is 1. The Bertz CT molecular complexity index is 1060. The monoisotopic (exact) mass is 438 g/mol. The van der Waals surface area contributed by atoms with Crippen molar-refractivity contribution in [2.45, 2.75) is 64.6 Å². The van der Waals surface area contributed by atoms with Crippen molar-refractivity contribution in [3.8, 4) is 0 Å². The van der Waals surface area contributed by atoms with E-state index in [4.69, 9.17) is 4.98 Å². The number of carbonyl (C=O) groups is 1. The van der Waals surface area contributed by atoms with Crippen LogP contribution in [-0.4, -0.2) is 38.8 Å². The number of aryl methyl sites for hydroxylation is 1. The molecule has 0 aromatic carbocycles. The van der Waals surface area contributed by atoms with Gasteiger partial charge in [0.15, 0.2) is 0 Å². The van der Waals surface area contributed by atoms with Gasteiger partial charge >= 0.3 is 0 Å². The van der Waals surface area contributed by atoms with E-state index in [1.807, 2.05) is 4.90 Å². The standard InChI is InChI=1S/C24H30N4O2S/c1-16-10-13-31-21(16)15-27-12-9-18-19(14-27)25-22(26-23(18)29)20-8-5-11-28(20)24(30)17-6-3-2-4-7-17/h2-3,10,13,17,20H,4-9,11-12,14-15H2,1H3,(H,25,26,29)/t17-,20-/m0/s1. The van der Waals surface area contributed by atoms with Crippen LogP contribution in [0, 0.1) is 12.8 Å². The molecule has 0 saturated carbocycles. The Morgan fingerprint density at radius 2 is 2.19 bits per heavy atom. The van der Waals surface area contributed by atoms with Crippen LogP contribution in [0.5, 0.6) is 0 Å². The second kappa shape index (κ2) is 8.71. The molecule has 2 aromatic heterocycles.